The minimum absolute atomic E-state index is 0.110. The average molecular weight is 499 g/mol. The van der Waals surface area contributed by atoms with Crippen LogP contribution in [0.3, 0.4) is 0 Å². The molecule has 1 aliphatic carbocycles. The molecule has 4 atom stereocenters. The van der Waals surface area contributed by atoms with E-state index in [1.165, 1.54) is 26.0 Å². The topological polar surface area (TPSA) is 151 Å². The summed E-state index contributed by atoms with van der Waals surface area (Å²) in [7, 11) is 2.93. The maximum absolute atomic E-state index is 13.2. The van der Waals surface area contributed by atoms with Crippen LogP contribution in [0.15, 0.2) is 29.4 Å². The second-order valence-corrected chi connectivity index (χ2v) is 9.56. The van der Waals surface area contributed by atoms with Crippen LogP contribution in [0.2, 0.25) is 0 Å². The van der Waals surface area contributed by atoms with Gasteiger partial charge >= 0.3 is 5.97 Å². The molecule has 0 radical (unpaired) electrons. The first-order valence-corrected chi connectivity index (χ1v) is 11.8. The summed E-state index contributed by atoms with van der Waals surface area (Å²) < 4.78 is 27.7. The fraction of sp³-hybridized carbons (Fsp3) is 0.348. The number of methoxy groups -OCH3 is 2. The highest BCUT2D eigenvalue weighted by molar-refractivity contribution is 7.99. The van der Waals surface area contributed by atoms with Crippen molar-refractivity contribution in [1.82, 2.24) is 15.2 Å². The van der Waals surface area contributed by atoms with E-state index in [2.05, 4.69) is 15.2 Å². The second-order valence-electron chi connectivity index (χ2n) is 8.45. The summed E-state index contributed by atoms with van der Waals surface area (Å²) in [5.41, 5.74) is 8.33. The number of esters is 1. The number of nitrogen functional groups attached to an aromatic ring is 1. The standard InChI is InChI=1S/C23H22N4O7S/c1-30-15-3-9(4-16(31-2)19(15)28)17-10-5-13-14(34-8-33-13)6-11(10)20(12-7-32-21(29)18(12)17)35-23-25-22(24)26-27-23/h3-6,12,17-18,20,28H,7-8H2,1-2H3,(H3,24,25,26,27)/t12-,17+,18-,20+/m0/s1. The highest BCUT2D eigenvalue weighted by atomic mass is 32.2. The Morgan fingerprint density at radius 2 is 1.77 bits per heavy atom. The smallest absolute Gasteiger partial charge is 0.310 e. The van der Waals surface area contributed by atoms with E-state index in [4.69, 9.17) is 29.4 Å². The quantitative estimate of drug-likeness (QED) is 0.445. The highest BCUT2D eigenvalue weighted by Gasteiger charge is 2.53. The number of aromatic nitrogens is 3. The van der Waals surface area contributed by atoms with E-state index in [1.807, 2.05) is 12.1 Å². The third-order valence-electron chi connectivity index (χ3n) is 6.70. The van der Waals surface area contributed by atoms with Crippen molar-refractivity contribution in [1.29, 1.82) is 0 Å². The fourth-order valence-corrected chi connectivity index (χ4v) is 6.41. The molecule has 0 saturated carbocycles. The molecule has 0 unspecified atom stereocenters. The van der Waals surface area contributed by atoms with Gasteiger partial charge in [-0.3, -0.25) is 4.79 Å². The molecule has 3 aromatic rings. The van der Waals surface area contributed by atoms with Gasteiger partial charge < -0.3 is 34.5 Å². The van der Waals surface area contributed by atoms with Gasteiger partial charge in [-0.2, -0.15) is 4.98 Å². The maximum Gasteiger partial charge on any atom is 0.310 e. The molecule has 0 bridgehead atoms. The third kappa shape index (κ3) is 3.39. The van der Waals surface area contributed by atoms with E-state index in [1.54, 1.807) is 12.1 Å². The predicted octanol–water partition coefficient (Wildman–Crippen LogP) is 2.61. The van der Waals surface area contributed by atoms with Gasteiger partial charge in [0.2, 0.25) is 23.6 Å². The van der Waals surface area contributed by atoms with E-state index >= 15 is 0 Å². The van der Waals surface area contributed by atoms with Gasteiger partial charge in [0.15, 0.2) is 23.0 Å². The molecular formula is C23H22N4O7S. The first-order chi connectivity index (χ1) is 17.0. The first-order valence-electron chi connectivity index (χ1n) is 10.9. The van der Waals surface area contributed by atoms with Crippen molar-refractivity contribution in [2.45, 2.75) is 16.3 Å². The van der Waals surface area contributed by atoms with Crippen molar-refractivity contribution in [2.75, 3.05) is 33.4 Å². The van der Waals surface area contributed by atoms with Crippen LogP contribution < -0.4 is 24.7 Å². The lowest BCUT2D eigenvalue weighted by Crippen LogP contribution is -2.33. The number of H-pyrrole nitrogens is 1. The molecule has 12 heteroatoms. The lowest BCUT2D eigenvalue weighted by molar-refractivity contribution is -0.141. The third-order valence-corrected chi connectivity index (χ3v) is 7.95. The predicted molar refractivity (Wildman–Crippen MR) is 123 cm³/mol. The van der Waals surface area contributed by atoms with Gasteiger partial charge in [0.05, 0.1) is 26.7 Å². The molecule has 182 valence electrons. The molecule has 0 amide bonds. The van der Waals surface area contributed by atoms with Gasteiger partial charge in [-0.25, -0.2) is 5.10 Å². The molecule has 1 aromatic heterocycles. The highest BCUT2D eigenvalue weighted by Crippen LogP contribution is 2.59. The van der Waals surface area contributed by atoms with Crippen LogP contribution in [0.1, 0.15) is 27.9 Å². The Hall–Kier alpha value is -3.80. The zero-order valence-electron chi connectivity index (χ0n) is 18.8. The Morgan fingerprint density at radius 1 is 1.09 bits per heavy atom. The van der Waals surface area contributed by atoms with E-state index in [9.17, 15) is 9.90 Å². The van der Waals surface area contributed by atoms with Crippen LogP contribution in [-0.4, -0.2) is 53.9 Å². The number of aromatic amines is 1. The van der Waals surface area contributed by atoms with Gasteiger partial charge in [0.1, 0.15) is 0 Å². The molecule has 4 N–H and O–H groups in total. The lowest BCUT2D eigenvalue weighted by atomic mass is 9.67. The normalized spacial score (nSPS) is 24.0. The number of anilines is 1. The number of thioether (sulfide) groups is 1. The summed E-state index contributed by atoms with van der Waals surface area (Å²) in [5, 5.41) is 17.6. The van der Waals surface area contributed by atoms with Gasteiger partial charge in [-0.1, -0.05) is 11.8 Å². The summed E-state index contributed by atoms with van der Waals surface area (Å²) in [5.74, 6) is 0.439. The van der Waals surface area contributed by atoms with Crippen molar-refractivity contribution in [2.24, 2.45) is 11.8 Å². The molecule has 2 aliphatic heterocycles. The number of benzene rings is 2. The maximum atomic E-state index is 13.2. The summed E-state index contributed by atoms with van der Waals surface area (Å²) in [6, 6.07) is 7.31. The Balaban J connectivity index is 1.56. The first kappa shape index (κ1) is 21.7. The number of hydrogen-bond donors (Lipinski definition) is 3. The van der Waals surface area contributed by atoms with Crippen LogP contribution in [0.25, 0.3) is 0 Å². The molecular weight excluding hydrogens is 476 g/mol. The molecule has 0 spiro atoms. The van der Waals surface area contributed by atoms with Crippen LogP contribution in [0.5, 0.6) is 28.7 Å². The Labute approximate surface area is 203 Å². The van der Waals surface area contributed by atoms with Crippen molar-refractivity contribution >= 4 is 23.7 Å². The number of nitrogens with zero attached hydrogens (tertiary/aromatic N) is 2. The number of carbonyl (C=O) groups is 1. The summed E-state index contributed by atoms with van der Waals surface area (Å²) in [4.78, 5) is 17.4. The number of fused-ring (bicyclic) bond motifs is 3. The molecule has 3 aliphatic rings. The molecule has 3 heterocycles. The van der Waals surface area contributed by atoms with Crippen molar-refractivity contribution in [3.63, 3.8) is 0 Å². The Bertz CT molecular complexity index is 1300. The largest absolute Gasteiger partial charge is 0.502 e. The Morgan fingerprint density at radius 3 is 2.40 bits per heavy atom. The van der Waals surface area contributed by atoms with E-state index in [-0.39, 0.29) is 53.7 Å². The summed E-state index contributed by atoms with van der Waals surface area (Å²) in [6.45, 7) is 0.367. The van der Waals surface area contributed by atoms with Gasteiger partial charge in [-0.05, 0) is 41.0 Å². The summed E-state index contributed by atoms with van der Waals surface area (Å²) >= 11 is 1.42. The minimum atomic E-state index is -0.504. The average Bonchev–Trinajstić information content (AvgIpc) is 3.58. The second kappa shape index (κ2) is 8.15. The number of nitrogens with one attached hydrogen (secondary N) is 1. The number of carbonyl (C=O) groups excluding carboxylic acids is 1. The van der Waals surface area contributed by atoms with Crippen LogP contribution in [-0.2, 0) is 9.53 Å². The summed E-state index contributed by atoms with van der Waals surface area (Å²) in [6.07, 6.45) is 0. The lowest BCUT2D eigenvalue weighted by Gasteiger charge is -2.38. The van der Waals surface area contributed by atoms with E-state index in [0.717, 1.165) is 16.7 Å². The number of ether oxygens (including phenoxy) is 5. The number of aromatic hydroxyl groups is 1. The molecule has 6 rings (SSSR count). The van der Waals surface area contributed by atoms with Crippen LogP contribution >= 0.6 is 11.8 Å². The number of rotatable bonds is 5. The fourth-order valence-electron chi connectivity index (χ4n) is 5.18. The van der Waals surface area contributed by atoms with Gasteiger partial charge in [0, 0.05) is 17.1 Å². The molecule has 11 nitrogen and oxygen atoms in total. The number of cyclic esters (lactones) is 1. The van der Waals surface area contributed by atoms with Crippen LogP contribution in [0.4, 0.5) is 5.95 Å². The molecule has 2 aromatic carbocycles. The van der Waals surface area contributed by atoms with E-state index in [0.29, 0.717) is 16.7 Å². The monoisotopic (exact) mass is 498 g/mol. The zero-order valence-corrected chi connectivity index (χ0v) is 19.6. The van der Waals surface area contributed by atoms with Gasteiger partial charge in [-0.15, -0.1) is 5.10 Å². The van der Waals surface area contributed by atoms with Crippen LogP contribution in [0, 0.1) is 11.8 Å². The van der Waals surface area contributed by atoms with Crippen molar-refractivity contribution in [3.8, 4) is 28.7 Å². The molecule has 1 saturated heterocycles. The number of hydrogen-bond acceptors (Lipinski definition) is 11. The van der Waals surface area contributed by atoms with E-state index < -0.39 is 11.8 Å². The molecule has 35 heavy (non-hydrogen) atoms. The zero-order chi connectivity index (χ0) is 24.3. The van der Waals surface area contributed by atoms with Crippen molar-refractivity contribution in [3.05, 3.63) is 41.0 Å². The number of phenols is 1. The van der Waals surface area contributed by atoms with Gasteiger partial charge in [0.25, 0.3) is 0 Å². The van der Waals surface area contributed by atoms with Crippen molar-refractivity contribution < 1.29 is 33.6 Å². The number of nitrogens with two attached hydrogens (primary N) is 1. The minimum Gasteiger partial charge on any atom is -0.502 e. The SMILES string of the molecule is COc1cc([C@@H]2c3cc4c(cc3[C@@H](Sc3n[nH]c(N)n3)[C@H]3COC(=O)[C@H]23)OCO4)cc(OC)c1O. The Kier molecular flexibility index (Phi) is 5.06. The number of phenolic OH excluding ortho intramolecular Hbond substituents is 1. The molecule has 1 fully saturated rings.